The molecule has 0 bridgehead atoms. The average Bonchev–Trinajstić information content (AvgIpc) is 2.28. The molecule has 1 unspecified atom stereocenters. The molecule has 0 radical (unpaired) electrons. The van der Waals surface area contributed by atoms with Gasteiger partial charge in [0.15, 0.2) is 0 Å². The molecule has 0 aromatic heterocycles. The summed E-state index contributed by atoms with van der Waals surface area (Å²) >= 11 is 0. The van der Waals surface area contributed by atoms with E-state index in [1.165, 1.54) is 6.07 Å². The molecule has 0 amide bonds. The smallest absolute Gasteiger partial charge is 0.126 e. The van der Waals surface area contributed by atoms with Crippen molar-refractivity contribution in [1.29, 1.82) is 0 Å². The SMILES string of the molecule is CCNC(CCOC)c1ccc(F)c(C)c1. The van der Waals surface area contributed by atoms with Crippen LogP contribution in [0.4, 0.5) is 4.39 Å². The van der Waals surface area contributed by atoms with Gasteiger partial charge in [0.25, 0.3) is 0 Å². The molecule has 1 rings (SSSR count). The van der Waals surface area contributed by atoms with Crippen LogP contribution in [0.1, 0.15) is 30.5 Å². The van der Waals surface area contributed by atoms with E-state index in [4.69, 9.17) is 4.74 Å². The Morgan fingerprint density at radius 3 is 2.75 bits per heavy atom. The summed E-state index contributed by atoms with van der Waals surface area (Å²) in [5.41, 5.74) is 1.82. The van der Waals surface area contributed by atoms with Crippen molar-refractivity contribution in [3.8, 4) is 0 Å². The second-order valence-corrected chi connectivity index (χ2v) is 3.90. The summed E-state index contributed by atoms with van der Waals surface area (Å²) in [5.74, 6) is -0.147. The zero-order valence-electron chi connectivity index (χ0n) is 10.2. The molecule has 0 spiro atoms. The normalized spacial score (nSPS) is 12.8. The maximum atomic E-state index is 13.2. The van der Waals surface area contributed by atoms with Crippen LogP contribution in [0.25, 0.3) is 0 Å². The topological polar surface area (TPSA) is 21.3 Å². The fourth-order valence-corrected chi connectivity index (χ4v) is 1.75. The Kier molecular flexibility index (Phi) is 5.43. The van der Waals surface area contributed by atoms with Crippen molar-refractivity contribution in [1.82, 2.24) is 5.32 Å². The number of benzene rings is 1. The summed E-state index contributed by atoms with van der Waals surface area (Å²) in [6.45, 7) is 5.45. The minimum atomic E-state index is -0.147. The van der Waals surface area contributed by atoms with Gasteiger partial charge in [-0.25, -0.2) is 4.39 Å². The van der Waals surface area contributed by atoms with E-state index in [2.05, 4.69) is 12.2 Å². The third-order valence-electron chi connectivity index (χ3n) is 2.65. The van der Waals surface area contributed by atoms with Gasteiger partial charge in [-0.3, -0.25) is 0 Å². The molecule has 0 aliphatic rings. The quantitative estimate of drug-likeness (QED) is 0.803. The first kappa shape index (κ1) is 13.1. The Bertz CT molecular complexity index is 328. The molecule has 1 N–H and O–H groups in total. The highest BCUT2D eigenvalue weighted by atomic mass is 19.1. The molecule has 90 valence electrons. The Morgan fingerprint density at radius 2 is 2.19 bits per heavy atom. The summed E-state index contributed by atoms with van der Waals surface area (Å²) in [7, 11) is 1.69. The Labute approximate surface area is 96.8 Å². The maximum Gasteiger partial charge on any atom is 0.126 e. The van der Waals surface area contributed by atoms with E-state index in [0.29, 0.717) is 12.2 Å². The summed E-state index contributed by atoms with van der Waals surface area (Å²) in [5, 5.41) is 3.38. The highest BCUT2D eigenvalue weighted by Gasteiger charge is 2.11. The predicted molar refractivity (Wildman–Crippen MR) is 64.0 cm³/mol. The monoisotopic (exact) mass is 225 g/mol. The van der Waals surface area contributed by atoms with Crippen molar-refractivity contribution in [2.45, 2.75) is 26.3 Å². The lowest BCUT2D eigenvalue weighted by Crippen LogP contribution is -2.22. The molecular weight excluding hydrogens is 205 g/mol. The molecule has 0 saturated carbocycles. The van der Waals surface area contributed by atoms with Gasteiger partial charge in [-0.1, -0.05) is 19.1 Å². The van der Waals surface area contributed by atoms with E-state index < -0.39 is 0 Å². The number of methoxy groups -OCH3 is 1. The highest BCUT2D eigenvalue weighted by Crippen LogP contribution is 2.19. The molecule has 1 atom stereocenters. The fourth-order valence-electron chi connectivity index (χ4n) is 1.75. The Balaban J connectivity index is 2.78. The summed E-state index contributed by atoms with van der Waals surface area (Å²) in [6.07, 6.45) is 0.898. The van der Waals surface area contributed by atoms with Crippen molar-refractivity contribution >= 4 is 0 Å². The first-order valence-electron chi connectivity index (χ1n) is 5.67. The van der Waals surface area contributed by atoms with Crippen molar-refractivity contribution in [2.24, 2.45) is 0 Å². The molecule has 0 heterocycles. The van der Waals surface area contributed by atoms with E-state index >= 15 is 0 Å². The third kappa shape index (κ3) is 3.58. The van der Waals surface area contributed by atoms with E-state index in [1.54, 1.807) is 14.0 Å². The largest absolute Gasteiger partial charge is 0.385 e. The molecule has 1 aromatic rings. The van der Waals surface area contributed by atoms with Crippen molar-refractivity contribution in [3.05, 3.63) is 35.1 Å². The average molecular weight is 225 g/mol. The lowest BCUT2D eigenvalue weighted by Gasteiger charge is -2.18. The van der Waals surface area contributed by atoms with Gasteiger partial charge in [-0.15, -0.1) is 0 Å². The number of rotatable bonds is 6. The number of aryl methyl sites for hydroxylation is 1. The van der Waals surface area contributed by atoms with Gasteiger partial charge in [0.2, 0.25) is 0 Å². The van der Waals surface area contributed by atoms with Gasteiger partial charge in [-0.2, -0.15) is 0 Å². The molecule has 16 heavy (non-hydrogen) atoms. The first-order chi connectivity index (χ1) is 7.69. The number of nitrogens with one attached hydrogen (secondary N) is 1. The molecule has 0 aliphatic heterocycles. The van der Waals surface area contributed by atoms with Crippen molar-refractivity contribution in [2.75, 3.05) is 20.3 Å². The van der Waals surface area contributed by atoms with Gasteiger partial charge in [0.1, 0.15) is 5.82 Å². The molecule has 2 nitrogen and oxygen atoms in total. The van der Waals surface area contributed by atoms with Crippen molar-refractivity contribution < 1.29 is 9.13 Å². The van der Waals surface area contributed by atoms with Crippen LogP contribution in [0.2, 0.25) is 0 Å². The van der Waals surface area contributed by atoms with Gasteiger partial charge < -0.3 is 10.1 Å². The van der Waals surface area contributed by atoms with Crippen LogP contribution in [0.15, 0.2) is 18.2 Å². The number of hydrogen-bond acceptors (Lipinski definition) is 2. The lowest BCUT2D eigenvalue weighted by atomic mass is 10.0. The zero-order valence-corrected chi connectivity index (χ0v) is 10.2. The predicted octanol–water partition coefficient (Wildman–Crippen LogP) is 2.82. The highest BCUT2D eigenvalue weighted by molar-refractivity contribution is 5.26. The second kappa shape index (κ2) is 6.61. The lowest BCUT2D eigenvalue weighted by molar-refractivity contribution is 0.183. The van der Waals surface area contributed by atoms with Crippen LogP contribution in [0.5, 0.6) is 0 Å². The molecule has 0 saturated heterocycles. The van der Waals surface area contributed by atoms with Crippen LogP contribution in [0.3, 0.4) is 0 Å². The van der Waals surface area contributed by atoms with Gasteiger partial charge in [-0.05, 0) is 37.1 Å². The zero-order chi connectivity index (χ0) is 12.0. The standard InChI is InChI=1S/C13H20FNO/c1-4-15-13(7-8-16-3)11-5-6-12(14)10(2)9-11/h5-6,9,13,15H,4,7-8H2,1-3H3. The molecule has 0 fully saturated rings. The minimum absolute atomic E-state index is 0.147. The fraction of sp³-hybridized carbons (Fsp3) is 0.538. The maximum absolute atomic E-state index is 13.2. The Morgan fingerprint density at radius 1 is 1.44 bits per heavy atom. The second-order valence-electron chi connectivity index (χ2n) is 3.90. The van der Waals surface area contributed by atoms with Crippen LogP contribution < -0.4 is 5.32 Å². The minimum Gasteiger partial charge on any atom is -0.385 e. The van der Waals surface area contributed by atoms with Gasteiger partial charge in [0, 0.05) is 19.8 Å². The summed E-state index contributed by atoms with van der Waals surface area (Å²) < 4.78 is 18.2. The summed E-state index contributed by atoms with van der Waals surface area (Å²) in [4.78, 5) is 0. The van der Waals surface area contributed by atoms with Crippen molar-refractivity contribution in [3.63, 3.8) is 0 Å². The molecule has 1 aromatic carbocycles. The van der Waals surface area contributed by atoms with Gasteiger partial charge >= 0.3 is 0 Å². The van der Waals surface area contributed by atoms with Crippen LogP contribution in [-0.2, 0) is 4.74 Å². The number of halogens is 1. The molecule has 0 aliphatic carbocycles. The van der Waals surface area contributed by atoms with Crippen LogP contribution in [-0.4, -0.2) is 20.3 Å². The summed E-state index contributed by atoms with van der Waals surface area (Å²) in [6, 6.07) is 5.51. The Hall–Kier alpha value is -0.930. The first-order valence-corrected chi connectivity index (χ1v) is 5.67. The number of hydrogen-bond donors (Lipinski definition) is 1. The molecule has 3 heteroatoms. The third-order valence-corrected chi connectivity index (χ3v) is 2.65. The number of ether oxygens (including phenoxy) is 1. The van der Waals surface area contributed by atoms with Gasteiger partial charge in [0.05, 0.1) is 0 Å². The van der Waals surface area contributed by atoms with E-state index in [1.807, 2.05) is 12.1 Å². The van der Waals surface area contributed by atoms with E-state index in [-0.39, 0.29) is 11.9 Å². The van der Waals surface area contributed by atoms with E-state index in [9.17, 15) is 4.39 Å². The van der Waals surface area contributed by atoms with Crippen LogP contribution >= 0.6 is 0 Å². The van der Waals surface area contributed by atoms with E-state index in [0.717, 1.165) is 18.5 Å². The molecular formula is C13H20FNO. The van der Waals surface area contributed by atoms with Crippen LogP contribution in [0, 0.1) is 12.7 Å².